The summed E-state index contributed by atoms with van der Waals surface area (Å²) in [7, 11) is 0. The summed E-state index contributed by atoms with van der Waals surface area (Å²) in [5.74, 6) is 0. The number of likely N-dealkylation sites (N-methyl/N-ethyl adjacent to an activating group) is 1. The number of nitrogens with two attached hydrogens (primary N) is 1. The lowest BCUT2D eigenvalue weighted by Gasteiger charge is -2.18. The molecule has 0 aliphatic heterocycles. The van der Waals surface area contributed by atoms with Crippen molar-refractivity contribution in [1.29, 1.82) is 0 Å². The maximum atomic E-state index is 5.71. The minimum Gasteiger partial charge on any atom is -0.346 e. The van der Waals surface area contributed by atoms with Crippen LogP contribution in [0.2, 0.25) is 0 Å². The number of fused-ring (bicyclic) bond motifs is 1. The topological polar surface area (TPSA) is 34.2 Å². The first kappa shape index (κ1) is 13.1. The average Bonchev–Trinajstić information content (AvgIpc) is 2.82. The Hall–Kier alpha value is -1.32. The quantitative estimate of drug-likeness (QED) is 0.848. The third-order valence-corrected chi connectivity index (χ3v) is 3.63. The van der Waals surface area contributed by atoms with Gasteiger partial charge in [-0.05, 0) is 36.2 Å². The van der Waals surface area contributed by atoms with Crippen LogP contribution in [0.1, 0.15) is 19.4 Å². The van der Waals surface area contributed by atoms with Gasteiger partial charge in [0.05, 0.1) is 0 Å². The first-order valence-corrected chi connectivity index (χ1v) is 6.78. The Morgan fingerprint density at radius 2 is 1.94 bits per heavy atom. The molecule has 0 bridgehead atoms. The molecule has 1 aromatic heterocycles. The Balaban J connectivity index is 2.17. The molecular weight excluding hydrogens is 222 g/mol. The third kappa shape index (κ3) is 2.74. The Kier molecular flexibility index (Phi) is 4.39. The van der Waals surface area contributed by atoms with E-state index in [2.05, 4.69) is 53.8 Å². The predicted molar refractivity (Wildman–Crippen MR) is 77.6 cm³/mol. The van der Waals surface area contributed by atoms with Crippen LogP contribution in [0.5, 0.6) is 0 Å². The molecule has 1 aromatic carbocycles. The zero-order chi connectivity index (χ0) is 13.0. The van der Waals surface area contributed by atoms with Crippen molar-refractivity contribution >= 4 is 10.9 Å². The van der Waals surface area contributed by atoms with Crippen LogP contribution in [0.3, 0.4) is 0 Å². The second kappa shape index (κ2) is 6.03. The molecule has 0 radical (unpaired) electrons. The number of rotatable bonds is 6. The van der Waals surface area contributed by atoms with E-state index >= 15 is 0 Å². The van der Waals surface area contributed by atoms with Crippen molar-refractivity contribution < 1.29 is 0 Å². The summed E-state index contributed by atoms with van der Waals surface area (Å²) in [6, 6.07) is 8.65. The molecule has 98 valence electrons. The van der Waals surface area contributed by atoms with E-state index in [1.807, 2.05) is 0 Å². The van der Waals surface area contributed by atoms with Gasteiger partial charge in [0, 0.05) is 31.3 Å². The smallest absolute Gasteiger partial charge is 0.0483 e. The van der Waals surface area contributed by atoms with Crippen LogP contribution in [0, 0.1) is 0 Å². The number of hydrogen-bond donors (Lipinski definition) is 1. The molecule has 0 saturated carbocycles. The van der Waals surface area contributed by atoms with Crippen molar-refractivity contribution in [3.63, 3.8) is 0 Å². The molecule has 0 unspecified atom stereocenters. The average molecular weight is 245 g/mol. The van der Waals surface area contributed by atoms with Gasteiger partial charge in [-0.3, -0.25) is 0 Å². The molecule has 0 amide bonds. The van der Waals surface area contributed by atoms with E-state index in [1.165, 1.54) is 16.5 Å². The van der Waals surface area contributed by atoms with Crippen molar-refractivity contribution in [3.8, 4) is 0 Å². The van der Waals surface area contributed by atoms with E-state index in [4.69, 9.17) is 5.73 Å². The normalized spacial score (nSPS) is 11.6. The van der Waals surface area contributed by atoms with E-state index < -0.39 is 0 Å². The van der Waals surface area contributed by atoms with E-state index in [0.717, 1.165) is 26.2 Å². The Morgan fingerprint density at radius 1 is 1.17 bits per heavy atom. The molecule has 2 aromatic rings. The van der Waals surface area contributed by atoms with Crippen LogP contribution < -0.4 is 5.73 Å². The molecule has 1 heterocycles. The number of benzene rings is 1. The maximum absolute atomic E-state index is 5.71. The minimum atomic E-state index is 0.608. The van der Waals surface area contributed by atoms with Crippen LogP contribution in [-0.4, -0.2) is 29.1 Å². The van der Waals surface area contributed by atoms with Gasteiger partial charge in [0.15, 0.2) is 0 Å². The molecule has 0 spiro atoms. The summed E-state index contributed by atoms with van der Waals surface area (Å²) in [5, 5.41) is 1.30. The van der Waals surface area contributed by atoms with Crippen LogP contribution >= 0.6 is 0 Å². The Labute approximate surface area is 109 Å². The minimum absolute atomic E-state index is 0.608. The molecule has 3 nitrogen and oxygen atoms in total. The van der Waals surface area contributed by atoms with Crippen LogP contribution in [0.15, 0.2) is 30.5 Å². The predicted octanol–water partition coefficient (Wildman–Crippen LogP) is 2.44. The highest BCUT2D eigenvalue weighted by Crippen LogP contribution is 2.17. The van der Waals surface area contributed by atoms with Crippen molar-refractivity contribution in [2.24, 2.45) is 5.73 Å². The fraction of sp³-hybridized carbons (Fsp3) is 0.467. The summed E-state index contributed by atoms with van der Waals surface area (Å²) in [5.41, 5.74) is 8.20. The molecule has 18 heavy (non-hydrogen) atoms. The highest BCUT2D eigenvalue weighted by atomic mass is 15.1. The third-order valence-electron chi connectivity index (χ3n) is 3.63. The van der Waals surface area contributed by atoms with Crippen LogP contribution in [0.25, 0.3) is 10.9 Å². The molecule has 0 aliphatic carbocycles. The Morgan fingerprint density at radius 3 is 2.61 bits per heavy atom. The number of nitrogens with zero attached hydrogens (tertiary/aromatic N) is 2. The summed E-state index contributed by atoms with van der Waals surface area (Å²) < 4.78 is 2.33. The fourth-order valence-corrected chi connectivity index (χ4v) is 2.34. The molecule has 2 rings (SSSR count). The van der Waals surface area contributed by atoms with Gasteiger partial charge in [0.2, 0.25) is 0 Å². The maximum Gasteiger partial charge on any atom is 0.0483 e. The lowest BCUT2D eigenvalue weighted by atomic mass is 10.1. The van der Waals surface area contributed by atoms with Gasteiger partial charge in [0.25, 0.3) is 0 Å². The van der Waals surface area contributed by atoms with Gasteiger partial charge in [-0.25, -0.2) is 0 Å². The molecule has 0 fully saturated rings. The lowest BCUT2D eigenvalue weighted by molar-refractivity contribution is 0.292. The molecular formula is C15H23N3. The largest absolute Gasteiger partial charge is 0.346 e. The zero-order valence-electron chi connectivity index (χ0n) is 11.4. The second-order valence-electron chi connectivity index (χ2n) is 4.63. The fourth-order valence-electron chi connectivity index (χ4n) is 2.34. The summed E-state index contributed by atoms with van der Waals surface area (Å²) in [6.45, 7) is 9.40. The zero-order valence-corrected chi connectivity index (χ0v) is 11.4. The SMILES string of the molecule is CCN(CC)CCn1ccc2ccc(CN)cc21. The monoisotopic (exact) mass is 245 g/mol. The van der Waals surface area contributed by atoms with E-state index in [0.29, 0.717) is 6.54 Å². The van der Waals surface area contributed by atoms with Crippen LogP contribution in [0.4, 0.5) is 0 Å². The van der Waals surface area contributed by atoms with Gasteiger partial charge in [-0.15, -0.1) is 0 Å². The first-order chi connectivity index (χ1) is 8.78. The molecule has 0 aliphatic rings. The summed E-state index contributed by atoms with van der Waals surface area (Å²) >= 11 is 0. The summed E-state index contributed by atoms with van der Waals surface area (Å²) in [6.07, 6.45) is 2.18. The standard InChI is InChI=1S/C15H23N3/c1-3-17(4-2)9-10-18-8-7-14-6-5-13(12-16)11-15(14)18/h5-8,11H,3-4,9-10,12,16H2,1-2H3. The first-order valence-electron chi connectivity index (χ1n) is 6.78. The second-order valence-corrected chi connectivity index (χ2v) is 4.63. The molecule has 3 heteroatoms. The highest BCUT2D eigenvalue weighted by Gasteiger charge is 2.04. The van der Waals surface area contributed by atoms with Crippen LogP contribution in [-0.2, 0) is 13.1 Å². The molecule has 2 N–H and O–H groups in total. The van der Waals surface area contributed by atoms with Gasteiger partial charge >= 0.3 is 0 Å². The van der Waals surface area contributed by atoms with E-state index in [1.54, 1.807) is 0 Å². The van der Waals surface area contributed by atoms with Crippen molar-refractivity contribution in [1.82, 2.24) is 9.47 Å². The molecule has 0 saturated heterocycles. The number of hydrogen-bond acceptors (Lipinski definition) is 2. The summed E-state index contributed by atoms with van der Waals surface area (Å²) in [4.78, 5) is 2.44. The van der Waals surface area contributed by atoms with Crippen molar-refractivity contribution in [2.45, 2.75) is 26.9 Å². The van der Waals surface area contributed by atoms with Gasteiger partial charge in [-0.1, -0.05) is 26.0 Å². The number of aromatic nitrogens is 1. The van der Waals surface area contributed by atoms with E-state index in [9.17, 15) is 0 Å². The van der Waals surface area contributed by atoms with Crippen molar-refractivity contribution in [3.05, 3.63) is 36.0 Å². The van der Waals surface area contributed by atoms with Gasteiger partial charge < -0.3 is 15.2 Å². The lowest BCUT2D eigenvalue weighted by Crippen LogP contribution is -2.26. The highest BCUT2D eigenvalue weighted by molar-refractivity contribution is 5.80. The van der Waals surface area contributed by atoms with Gasteiger partial charge in [0.1, 0.15) is 0 Å². The van der Waals surface area contributed by atoms with E-state index in [-0.39, 0.29) is 0 Å². The van der Waals surface area contributed by atoms with Gasteiger partial charge in [-0.2, -0.15) is 0 Å². The molecule has 0 atom stereocenters. The Bertz CT molecular complexity index is 497. The van der Waals surface area contributed by atoms with Crippen molar-refractivity contribution in [2.75, 3.05) is 19.6 Å².